The Hall–Kier alpha value is -2.10. The molecule has 2 aromatic rings. The summed E-state index contributed by atoms with van der Waals surface area (Å²) >= 11 is 0. The first kappa shape index (κ1) is 11.4. The highest BCUT2D eigenvalue weighted by Crippen LogP contribution is 2.15. The Bertz CT molecular complexity index is 558. The molecule has 1 aromatic heterocycles. The number of carbonyl (C=O) groups is 1. The molecule has 0 spiro atoms. The molecular weight excluding hydrogens is 214 g/mol. The van der Waals surface area contributed by atoms with E-state index in [9.17, 15) is 4.79 Å². The van der Waals surface area contributed by atoms with Crippen LogP contribution in [-0.4, -0.2) is 15.3 Å². The van der Waals surface area contributed by atoms with Crippen LogP contribution < -0.4 is 5.73 Å². The summed E-state index contributed by atoms with van der Waals surface area (Å²) in [6.45, 7) is 4.60. The van der Waals surface area contributed by atoms with Gasteiger partial charge in [-0.3, -0.25) is 4.79 Å². The van der Waals surface area contributed by atoms with Gasteiger partial charge >= 0.3 is 0 Å². The van der Waals surface area contributed by atoms with Gasteiger partial charge in [-0.25, -0.2) is 4.98 Å². The highest BCUT2D eigenvalue weighted by Gasteiger charge is 2.14. The van der Waals surface area contributed by atoms with Gasteiger partial charge in [0, 0.05) is 30.2 Å². The van der Waals surface area contributed by atoms with Gasteiger partial charge < -0.3 is 10.3 Å². The zero-order valence-electron chi connectivity index (χ0n) is 9.97. The van der Waals surface area contributed by atoms with Crippen molar-refractivity contribution < 1.29 is 4.79 Å². The lowest BCUT2D eigenvalue weighted by atomic mass is 10.1. The van der Waals surface area contributed by atoms with E-state index in [1.54, 1.807) is 30.6 Å². The maximum Gasteiger partial charge on any atom is 0.228 e. The molecule has 1 aromatic carbocycles. The average Bonchev–Trinajstić information content (AvgIpc) is 2.80. The van der Waals surface area contributed by atoms with Gasteiger partial charge in [-0.05, 0) is 37.6 Å². The molecule has 88 valence electrons. The van der Waals surface area contributed by atoms with Crippen molar-refractivity contribution in [2.75, 3.05) is 5.73 Å². The van der Waals surface area contributed by atoms with Gasteiger partial charge in [0.05, 0.1) is 0 Å². The lowest BCUT2D eigenvalue weighted by Crippen LogP contribution is -2.10. The van der Waals surface area contributed by atoms with Gasteiger partial charge in [-0.2, -0.15) is 0 Å². The first-order valence-electron chi connectivity index (χ1n) is 5.55. The number of benzene rings is 1. The van der Waals surface area contributed by atoms with Gasteiger partial charge in [0.15, 0.2) is 5.82 Å². The van der Waals surface area contributed by atoms with E-state index in [-0.39, 0.29) is 5.78 Å². The molecule has 17 heavy (non-hydrogen) atoms. The van der Waals surface area contributed by atoms with Crippen molar-refractivity contribution in [1.29, 1.82) is 0 Å². The van der Waals surface area contributed by atoms with E-state index in [1.165, 1.54) is 0 Å². The van der Waals surface area contributed by atoms with Crippen LogP contribution in [-0.2, 0) is 6.54 Å². The maximum atomic E-state index is 12.2. The van der Waals surface area contributed by atoms with Gasteiger partial charge in [-0.1, -0.05) is 0 Å². The summed E-state index contributed by atoms with van der Waals surface area (Å²) in [5.74, 6) is 0.400. The lowest BCUT2D eigenvalue weighted by Gasteiger charge is -2.06. The van der Waals surface area contributed by atoms with Gasteiger partial charge in [0.25, 0.3) is 0 Å². The van der Waals surface area contributed by atoms with Crippen molar-refractivity contribution in [3.05, 3.63) is 47.5 Å². The fourth-order valence-corrected chi connectivity index (χ4v) is 1.72. The minimum absolute atomic E-state index is 0.0695. The van der Waals surface area contributed by atoms with Crippen LogP contribution in [0.4, 0.5) is 5.69 Å². The number of hydrogen-bond acceptors (Lipinski definition) is 3. The fraction of sp³-hybridized carbons (Fsp3) is 0.231. The molecule has 0 fully saturated rings. The third-order valence-electron chi connectivity index (χ3n) is 2.79. The fourth-order valence-electron chi connectivity index (χ4n) is 1.72. The van der Waals surface area contributed by atoms with Crippen LogP contribution in [0.15, 0.2) is 30.6 Å². The number of nitrogen functional groups attached to an aromatic ring is 1. The molecule has 0 amide bonds. The van der Waals surface area contributed by atoms with E-state index in [0.717, 1.165) is 12.1 Å². The molecule has 4 heteroatoms. The molecule has 0 unspecified atom stereocenters. The second-order valence-corrected chi connectivity index (χ2v) is 3.94. The van der Waals surface area contributed by atoms with Crippen molar-refractivity contribution in [2.45, 2.75) is 20.4 Å². The van der Waals surface area contributed by atoms with E-state index in [2.05, 4.69) is 4.98 Å². The van der Waals surface area contributed by atoms with Crippen molar-refractivity contribution in [2.24, 2.45) is 0 Å². The van der Waals surface area contributed by atoms with Crippen LogP contribution in [0.5, 0.6) is 0 Å². The highest BCUT2D eigenvalue weighted by atomic mass is 16.1. The molecule has 2 rings (SSSR count). The van der Waals surface area contributed by atoms with Crippen LogP contribution in [0, 0.1) is 6.92 Å². The molecule has 0 saturated carbocycles. The van der Waals surface area contributed by atoms with Crippen LogP contribution in [0.3, 0.4) is 0 Å². The van der Waals surface area contributed by atoms with Crippen molar-refractivity contribution in [3.63, 3.8) is 0 Å². The molecule has 1 heterocycles. The number of carbonyl (C=O) groups excluding carboxylic acids is 1. The van der Waals surface area contributed by atoms with Crippen LogP contribution >= 0.6 is 0 Å². The Labute approximate surface area is 100 Å². The SMILES string of the molecule is CCn1ccnc1C(=O)c1ccc(N)c(C)c1. The van der Waals surface area contributed by atoms with E-state index in [4.69, 9.17) is 5.73 Å². The highest BCUT2D eigenvalue weighted by molar-refractivity contribution is 6.07. The topological polar surface area (TPSA) is 60.9 Å². The largest absolute Gasteiger partial charge is 0.399 e. The van der Waals surface area contributed by atoms with Crippen molar-refractivity contribution in [3.8, 4) is 0 Å². The minimum Gasteiger partial charge on any atom is -0.399 e. The number of ketones is 1. The third-order valence-corrected chi connectivity index (χ3v) is 2.79. The number of nitrogens with zero attached hydrogens (tertiary/aromatic N) is 2. The molecule has 0 radical (unpaired) electrons. The van der Waals surface area contributed by atoms with E-state index in [1.807, 2.05) is 18.4 Å². The summed E-state index contributed by atoms with van der Waals surface area (Å²) in [6.07, 6.45) is 3.44. The van der Waals surface area contributed by atoms with Crippen molar-refractivity contribution >= 4 is 11.5 Å². The first-order chi connectivity index (χ1) is 8.13. The second-order valence-electron chi connectivity index (χ2n) is 3.94. The Kier molecular flexibility index (Phi) is 2.95. The quantitative estimate of drug-likeness (QED) is 0.647. The Balaban J connectivity index is 2.40. The molecule has 0 bridgehead atoms. The molecule has 0 aliphatic carbocycles. The molecule has 0 aliphatic rings. The Morgan fingerprint density at radius 3 is 2.88 bits per heavy atom. The van der Waals surface area contributed by atoms with Crippen molar-refractivity contribution in [1.82, 2.24) is 9.55 Å². The smallest absolute Gasteiger partial charge is 0.228 e. The standard InChI is InChI=1S/C13H15N3O/c1-3-16-7-6-15-13(16)12(17)10-4-5-11(14)9(2)8-10/h4-8H,3,14H2,1-2H3. The summed E-state index contributed by atoms with van der Waals surface area (Å²) in [5, 5.41) is 0. The van der Waals surface area contributed by atoms with Crippen LogP contribution in [0.25, 0.3) is 0 Å². The zero-order valence-corrected chi connectivity index (χ0v) is 9.97. The molecule has 0 saturated heterocycles. The first-order valence-corrected chi connectivity index (χ1v) is 5.55. The lowest BCUT2D eigenvalue weighted by molar-refractivity contribution is 0.102. The monoisotopic (exact) mass is 229 g/mol. The van der Waals surface area contributed by atoms with Gasteiger partial charge in [-0.15, -0.1) is 0 Å². The number of imidazole rings is 1. The van der Waals surface area contributed by atoms with Gasteiger partial charge in [0.1, 0.15) is 0 Å². The predicted molar refractivity (Wildman–Crippen MR) is 66.9 cm³/mol. The number of rotatable bonds is 3. The molecule has 4 nitrogen and oxygen atoms in total. The van der Waals surface area contributed by atoms with E-state index < -0.39 is 0 Å². The predicted octanol–water partition coefficient (Wildman–Crippen LogP) is 2.02. The minimum atomic E-state index is -0.0695. The summed E-state index contributed by atoms with van der Waals surface area (Å²) in [4.78, 5) is 16.3. The van der Waals surface area contributed by atoms with Crippen LogP contribution in [0.1, 0.15) is 28.7 Å². The van der Waals surface area contributed by atoms with E-state index in [0.29, 0.717) is 17.1 Å². The van der Waals surface area contributed by atoms with E-state index >= 15 is 0 Å². The van der Waals surface area contributed by atoms with Gasteiger partial charge in [0.2, 0.25) is 5.78 Å². The second kappa shape index (κ2) is 4.41. The molecule has 2 N–H and O–H groups in total. The maximum absolute atomic E-state index is 12.2. The summed E-state index contributed by atoms with van der Waals surface area (Å²) in [6, 6.07) is 5.29. The normalized spacial score (nSPS) is 10.5. The summed E-state index contributed by atoms with van der Waals surface area (Å²) in [5.41, 5.74) is 7.96. The number of anilines is 1. The number of nitrogens with two attached hydrogens (primary N) is 1. The molecule has 0 atom stereocenters. The Morgan fingerprint density at radius 1 is 1.47 bits per heavy atom. The molecular formula is C13H15N3O. The summed E-state index contributed by atoms with van der Waals surface area (Å²) < 4.78 is 1.83. The number of aryl methyl sites for hydroxylation is 2. The average molecular weight is 229 g/mol. The summed E-state index contributed by atoms with van der Waals surface area (Å²) in [7, 11) is 0. The zero-order chi connectivity index (χ0) is 12.4. The number of hydrogen-bond donors (Lipinski definition) is 1. The Morgan fingerprint density at radius 2 is 2.24 bits per heavy atom. The third kappa shape index (κ3) is 2.06. The number of aromatic nitrogens is 2. The van der Waals surface area contributed by atoms with Crippen LogP contribution in [0.2, 0.25) is 0 Å². The molecule has 0 aliphatic heterocycles.